The van der Waals surface area contributed by atoms with E-state index in [9.17, 15) is 8.42 Å². The Morgan fingerprint density at radius 1 is 1.40 bits per heavy atom. The molecule has 0 aromatic carbocycles. The van der Waals surface area contributed by atoms with Gasteiger partial charge in [0.25, 0.3) is 10.0 Å². The predicted molar refractivity (Wildman–Crippen MR) is 77.3 cm³/mol. The van der Waals surface area contributed by atoms with Crippen LogP contribution in [0.1, 0.15) is 25.7 Å². The summed E-state index contributed by atoms with van der Waals surface area (Å²) in [5.41, 5.74) is 0.525. The van der Waals surface area contributed by atoms with Crippen molar-refractivity contribution in [1.29, 1.82) is 0 Å². The number of halogens is 1. The van der Waals surface area contributed by atoms with Crippen molar-refractivity contribution in [3.63, 3.8) is 0 Å². The Morgan fingerprint density at radius 3 is 2.90 bits per heavy atom. The molecule has 0 radical (unpaired) electrons. The van der Waals surface area contributed by atoms with Crippen molar-refractivity contribution in [2.24, 2.45) is 5.92 Å². The summed E-state index contributed by atoms with van der Waals surface area (Å²) in [5.74, 6) is 0.662. The molecule has 2 aromatic heterocycles. The van der Waals surface area contributed by atoms with Gasteiger partial charge in [-0.25, -0.2) is 18.1 Å². The molecule has 1 N–H and O–H groups in total. The van der Waals surface area contributed by atoms with Crippen molar-refractivity contribution in [2.75, 3.05) is 6.54 Å². The van der Waals surface area contributed by atoms with Gasteiger partial charge in [0.2, 0.25) is 0 Å². The molecule has 1 aliphatic rings. The molecule has 2 aromatic rings. The van der Waals surface area contributed by atoms with Crippen molar-refractivity contribution < 1.29 is 8.42 Å². The van der Waals surface area contributed by atoms with E-state index in [2.05, 4.69) is 9.71 Å². The predicted octanol–water partition coefficient (Wildman–Crippen LogP) is 2.46. The molecule has 0 atom stereocenters. The summed E-state index contributed by atoms with van der Waals surface area (Å²) in [6.07, 6.45) is 6.20. The Bertz CT molecular complexity index is 722. The third kappa shape index (κ3) is 2.55. The molecule has 20 heavy (non-hydrogen) atoms. The first kappa shape index (κ1) is 13.9. The van der Waals surface area contributed by atoms with Gasteiger partial charge in [-0.1, -0.05) is 36.9 Å². The zero-order chi connectivity index (χ0) is 14.2. The highest BCUT2D eigenvalue weighted by Crippen LogP contribution is 2.29. The van der Waals surface area contributed by atoms with E-state index in [1.807, 2.05) is 0 Å². The molecule has 1 saturated carbocycles. The number of sulfonamides is 1. The minimum absolute atomic E-state index is 0.00680. The topological polar surface area (TPSA) is 63.5 Å². The summed E-state index contributed by atoms with van der Waals surface area (Å²) < 4.78 is 28.8. The smallest absolute Gasteiger partial charge is 0.259 e. The number of rotatable bonds is 5. The number of nitrogens with zero attached hydrogens (tertiary/aromatic N) is 2. The van der Waals surface area contributed by atoms with Crippen LogP contribution in [0.3, 0.4) is 0 Å². The molecule has 1 fully saturated rings. The molecule has 2 heterocycles. The largest absolute Gasteiger partial charge is 0.288 e. The molecule has 0 amide bonds. The summed E-state index contributed by atoms with van der Waals surface area (Å²) in [6, 6.07) is 5.26. The summed E-state index contributed by atoms with van der Waals surface area (Å²) in [7, 11) is -3.64. The van der Waals surface area contributed by atoms with Crippen molar-refractivity contribution >= 4 is 27.3 Å². The van der Waals surface area contributed by atoms with Gasteiger partial charge >= 0.3 is 0 Å². The lowest BCUT2D eigenvalue weighted by Gasteiger charge is -2.25. The maximum Gasteiger partial charge on any atom is 0.259 e. The molecule has 0 unspecified atom stereocenters. The number of nitrogens with one attached hydrogen (secondary N) is 1. The highest BCUT2D eigenvalue weighted by molar-refractivity contribution is 7.89. The van der Waals surface area contributed by atoms with Crippen LogP contribution in [0.5, 0.6) is 0 Å². The highest BCUT2D eigenvalue weighted by atomic mass is 35.5. The van der Waals surface area contributed by atoms with Crippen LogP contribution in [0, 0.1) is 5.92 Å². The molecule has 0 spiro atoms. The lowest BCUT2D eigenvalue weighted by Crippen LogP contribution is -2.28. The molecule has 0 saturated heterocycles. The normalized spacial score (nSPS) is 16.4. The molecular weight excluding hydrogens is 298 g/mol. The lowest BCUT2D eigenvalue weighted by molar-refractivity contribution is 0.297. The Balaban J connectivity index is 1.82. The molecule has 5 nitrogen and oxygen atoms in total. The van der Waals surface area contributed by atoms with E-state index in [-0.39, 0.29) is 10.2 Å². The number of imidazole rings is 1. The maximum atomic E-state index is 12.4. The number of pyridine rings is 1. The lowest BCUT2D eigenvalue weighted by atomic mass is 9.83. The van der Waals surface area contributed by atoms with Crippen LogP contribution < -0.4 is 4.72 Å². The van der Waals surface area contributed by atoms with E-state index in [4.69, 9.17) is 11.6 Å². The van der Waals surface area contributed by atoms with Gasteiger partial charge in [0.15, 0.2) is 10.2 Å². The Morgan fingerprint density at radius 2 is 2.20 bits per heavy atom. The maximum absolute atomic E-state index is 12.4. The van der Waals surface area contributed by atoms with Gasteiger partial charge in [0.05, 0.1) is 0 Å². The summed E-state index contributed by atoms with van der Waals surface area (Å²) >= 11 is 5.98. The minimum atomic E-state index is -3.64. The monoisotopic (exact) mass is 313 g/mol. The first-order chi connectivity index (χ1) is 9.58. The first-order valence-electron chi connectivity index (χ1n) is 6.70. The van der Waals surface area contributed by atoms with Gasteiger partial charge in [-0.3, -0.25) is 4.40 Å². The van der Waals surface area contributed by atoms with Crippen molar-refractivity contribution in [1.82, 2.24) is 14.1 Å². The fraction of sp³-hybridized carbons (Fsp3) is 0.462. The molecule has 0 aliphatic heterocycles. The first-order valence-corrected chi connectivity index (χ1v) is 8.56. The van der Waals surface area contributed by atoms with E-state index in [0.717, 1.165) is 6.42 Å². The number of hydrogen-bond donors (Lipinski definition) is 1. The zero-order valence-electron chi connectivity index (χ0n) is 10.9. The van der Waals surface area contributed by atoms with Crippen LogP contribution in [0.4, 0.5) is 0 Å². The van der Waals surface area contributed by atoms with Gasteiger partial charge in [-0.2, -0.15) is 0 Å². The van der Waals surface area contributed by atoms with Gasteiger partial charge in [0.1, 0.15) is 5.65 Å². The van der Waals surface area contributed by atoms with E-state index < -0.39 is 10.0 Å². The summed E-state index contributed by atoms with van der Waals surface area (Å²) in [5, 5.41) is 0.0238. The third-order valence-electron chi connectivity index (χ3n) is 3.77. The fourth-order valence-corrected chi connectivity index (χ4v) is 4.12. The van der Waals surface area contributed by atoms with Crippen molar-refractivity contribution in [2.45, 2.75) is 30.7 Å². The second kappa shape index (κ2) is 5.35. The van der Waals surface area contributed by atoms with Gasteiger partial charge < -0.3 is 0 Å². The number of fused-ring (bicyclic) bond motifs is 1. The summed E-state index contributed by atoms with van der Waals surface area (Å²) in [4.78, 5) is 4.06. The van der Waals surface area contributed by atoms with Gasteiger partial charge in [-0.15, -0.1) is 0 Å². The zero-order valence-corrected chi connectivity index (χ0v) is 12.5. The Hall–Kier alpha value is -1.11. The van der Waals surface area contributed by atoms with Crippen LogP contribution in [0.25, 0.3) is 5.65 Å². The van der Waals surface area contributed by atoms with Crippen LogP contribution >= 0.6 is 11.6 Å². The number of aromatic nitrogens is 2. The quantitative estimate of drug-likeness (QED) is 0.922. The Labute approximate surface area is 123 Å². The fourth-order valence-electron chi connectivity index (χ4n) is 2.43. The second-order valence-corrected chi connectivity index (χ2v) is 7.16. The van der Waals surface area contributed by atoms with Crippen LogP contribution in [0.2, 0.25) is 5.15 Å². The van der Waals surface area contributed by atoms with Crippen LogP contribution in [-0.2, 0) is 10.0 Å². The second-order valence-electron chi connectivity index (χ2n) is 5.12. The average molecular weight is 314 g/mol. The highest BCUT2D eigenvalue weighted by Gasteiger charge is 2.25. The van der Waals surface area contributed by atoms with Crippen LogP contribution in [0.15, 0.2) is 29.4 Å². The van der Waals surface area contributed by atoms with Gasteiger partial charge in [-0.05, 0) is 24.5 Å². The van der Waals surface area contributed by atoms with Crippen LogP contribution in [-0.4, -0.2) is 24.3 Å². The van der Waals surface area contributed by atoms with E-state index >= 15 is 0 Å². The molecule has 0 bridgehead atoms. The van der Waals surface area contributed by atoms with E-state index in [0.29, 0.717) is 18.1 Å². The average Bonchev–Trinajstić information content (AvgIpc) is 2.68. The summed E-state index contributed by atoms with van der Waals surface area (Å²) in [6.45, 7) is 0.448. The van der Waals surface area contributed by atoms with E-state index in [1.165, 1.54) is 23.7 Å². The SMILES string of the molecule is O=S(=O)(NCCC1CCC1)c1c(Cl)nc2ccccn12. The van der Waals surface area contributed by atoms with Gasteiger partial charge in [0, 0.05) is 12.7 Å². The third-order valence-corrected chi connectivity index (χ3v) is 5.63. The molecule has 108 valence electrons. The standard InChI is InChI=1S/C13H16ClN3O2S/c14-12-13(17-9-2-1-6-11(17)16-12)20(18,19)15-8-7-10-4-3-5-10/h1-2,6,9-10,15H,3-5,7-8H2. The minimum Gasteiger partial charge on any atom is -0.288 e. The number of hydrogen-bond acceptors (Lipinski definition) is 3. The van der Waals surface area contributed by atoms with Crippen molar-refractivity contribution in [3.05, 3.63) is 29.5 Å². The molecule has 7 heteroatoms. The Kier molecular flexibility index (Phi) is 3.70. The molecule has 3 rings (SSSR count). The van der Waals surface area contributed by atoms with E-state index in [1.54, 1.807) is 24.4 Å². The molecule has 1 aliphatic carbocycles. The molecular formula is C13H16ClN3O2S. The van der Waals surface area contributed by atoms with Crippen molar-refractivity contribution in [3.8, 4) is 0 Å².